The third kappa shape index (κ3) is 30.4. The highest BCUT2D eigenvalue weighted by Crippen LogP contribution is 2.29. The number of anilines is 5. The molecule has 0 radical (unpaired) electrons. The zero-order valence-corrected chi connectivity index (χ0v) is 74.4. The first kappa shape index (κ1) is 101. The Morgan fingerprint density at radius 2 is 0.667 bits per heavy atom. The number of aromatic carboxylic acids is 3. The molecule has 11 aromatic rings. The quantitative estimate of drug-likeness (QED) is 0.0128. The van der Waals surface area contributed by atoms with Gasteiger partial charge in [0.1, 0.15) is 13.1 Å². The van der Waals surface area contributed by atoms with Crippen LogP contribution in [0.5, 0.6) is 0 Å². The summed E-state index contributed by atoms with van der Waals surface area (Å²) < 4.78 is 10.8. The zero-order valence-electron chi connectivity index (χ0n) is 71.5. The largest absolute Gasteiger partial charge is 0.478 e. The normalized spacial score (nSPS) is 9.85. The number of carbonyl (C=O) groups excluding carboxylic acids is 7. The zero-order chi connectivity index (χ0) is 91.7. The van der Waals surface area contributed by atoms with Crippen molar-refractivity contribution >= 4 is 146 Å². The number of halogens is 2. The maximum atomic E-state index is 13.3. The summed E-state index contributed by atoms with van der Waals surface area (Å²) in [6.45, 7) is 38.8. The number of hydrogen-bond donors (Lipinski definition) is 6. The molecule has 3 amide bonds. The predicted molar refractivity (Wildman–Crippen MR) is 506 cm³/mol. The van der Waals surface area contributed by atoms with Crippen molar-refractivity contribution in [2.75, 3.05) is 52.9 Å². The number of carbonyl (C=O) groups is 10. The molecular formula is C101H105ClIN5O15. The lowest BCUT2D eigenvalue weighted by Crippen LogP contribution is -2.38. The molecule has 11 rings (SSSR count). The van der Waals surface area contributed by atoms with Crippen molar-refractivity contribution in [1.29, 1.82) is 0 Å². The van der Waals surface area contributed by atoms with Gasteiger partial charge in [-0.05, 0) is 244 Å². The Kier molecular flexibility index (Phi) is 42.5. The number of hydrogen-bond acceptors (Lipinski definition) is 14. The number of carboxylic acids is 3. The van der Waals surface area contributed by atoms with E-state index in [0.29, 0.717) is 79.0 Å². The van der Waals surface area contributed by atoms with Gasteiger partial charge in [0.25, 0.3) is 23.0 Å². The van der Waals surface area contributed by atoms with Crippen molar-refractivity contribution in [2.45, 2.75) is 90.0 Å². The fourth-order valence-corrected chi connectivity index (χ4v) is 13.4. The van der Waals surface area contributed by atoms with Crippen LogP contribution >= 0.6 is 34.2 Å². The SMILES string of the molecule is C=Cc1cccc(C)c1C(=O)Cl.C=Cc1cccc(C)c1C(=O)N(CC(=O)OCC)c1ccccc1C.C=Cc1cccc(C)c1C(=O)Nc1ccccc1C.C=Cc1cccc(C)c1C(=O)O.CCOC(=O)CN(C(=O)c1c(C)cccc1C=O)c1ccccc1C.Cc1cccc(I)c1C(=O)O.Cc1cccc(N)c1C(=O)O.Cc1ccccc1N. The molecule has 11 aromatic carbocycles. The molecule has 0 aliphatic rings. The van der Waals surface area contributed by atoms with Crippen molar-refractivity contribution in [1.82, 2.24) is 0 Å². The van der Waals surface area contributed by atoms with Crippen LogP contribution in [0.1, 0.15) is 180 Å². The number of nitrogens with zero attached hydrogens (tertiary/aromatic N) is 2. The summed E-state index contributed by atoms with van der Waals surface area (Å²) in [4.78, 5) is 120. The van der Waals surface area contributed by atoms with Gasteiger partial charge < -0.3 is 41.6 Å². The monoisotopic (exact) mass is 1790 g/mol. The Bertz CT molecular complexity index is 5310. The van der Waals surface area contributed by atoms with Crippen LogP contribution in [0.4, 0.5) is 28.4 Å². The molecule has 8 N–H and O–H groups in total. The van der Waals surface area contributed by atoms with Crippen LogP contribution in [-0.2, 0) is 19.1 Å². The van der Waals surface area contributed by atoms with Gasteiger partial charge in [-0.15, -0.1) is 0 Å². The van der Waals surface area contributed by atoms with Gasteiger partial charge in [-0.25, -0.2) is 14.4 Å². The second kappa shape index (κ2) is 51.5. The number of amides is 3. The minimum Gasteiger partial charge on any atom is -0.478 e. The molecule has 0 unspecified atom stereocenters. The Morgan fingerprint density at radius 1 is 0.366 bits per heavy atom. The van der Waals surface area contributed by atoms with Crippen molar-refractivity contribution in [3.63, 3.8) is 0 Å². The fourth-order valence-electron chi connectivity index (χ4n) is 12.3. The van der Waals surface area contributed by atoms with Crippen molar-refractivity contribution in [2.24, 2.45) is 0 Å². The van der Waals surface area contributed by atoms with Gasteiger partial charge in [-0.1, -0.05) is 239 Å². The number of nitrogens with two attached hydrogens (primary N) is 2. The molecule has 0 aliphatic carbocycles. The molecule has 0 bridgehead atoms. The average molecular weight is 1790 g/mol. The van der Waals surface area contributed by atoms with E-state index in [4.69, 9.17) is 47.9 Å². The number of aldehydes is 1. The lowest BCUT2D eigenvalue weighted by atomic mass is 10.00. The van der Waals surface area contributed by atoms with Crippen molar-refractivity contribution in [3.8, 4) is 0 Å². The maximum absolute atomic E-state index is 13.3. The summed E-state index contributed by atoms with van der Waals surface area (Å²) >= 11 is 7.43. The molecule has 123 heavy (non-hydrogen) atoms. The van der Waals surface area contributed by atoms with Crippen LogP contribution in [0.15, 0.2) is 251 Å². The topological polar surface area (TPSA) is 320 Å². The summed E-state index contributed by atoms with van der Waals surface area (Å²) in [6.07, 6.45) is 7.19. The summed E-state index contributed by atoms with van der Waals surface area (Å²) in [7, 11) is 0. The fraction of sp³-hybridized carbons (Fsp3) is 0.168. The molecule has 20 nitrogen and oxygen atoms in total. The molecular weight excluding hydrogens is 1690 g/mol. The van der Waals surface area contributed by atoms with Crippen LogP contribution in [-0.4, -0.2) is 101 Å². The van der Waals surface area contributed by atoms with Gasteiger partial charge in [-0.2, -0.15) is 0 Å². The van der Waals surface area contributed by atoms with E-state index in [9.17, 15) is 47.9 Å². The molecule has 638 valence electrons. The highest BCUT2D eigenvalue weighted by molar-refractivity contribution is 14.1. The Labute approximate surface area is 739 Å². The first-order valence-corrected chi connectivity index (χ1v) is 40.1. The summed E-state index contributed by atoms with van der Waals surface area (Å²) in [5.41, 5.74) is 30.2. The molecule has 0 aromatic heterocycles. The lowest BCUT2D eigenvalue weighted by Gasteiger charge is -2.25. The van der Waals surface area contributed by atoms with E-state index in [1.807, 2.05) is 223 Å². The second-order valence-electron chi connectivity index (χ2n) is 27.4. The van der Waals surface area contributed by atoms with E-state index in [2.05, 4.69) is 31.6 Å². The van der Waals surface area contributed by atoms with Gasteiger partial charge >= 0.3 is 29.8 Å². The number of esters is 2. The van der Waals surface area contributed by atoms with E-state index in [0.717, 1.165) is 81.7 Å². The first-order valence-electron chi connectivity index (χ1n) is 38.7. The minimum absolute atomic E-state index is 0.0951. The Balaban J connectivity index is 0.000000304. The number of benzene rings is 11. The number of ether oxygens (including phenoxy) is 2. The van der Waals surface area contributed by atoms with Crippen LogP contribution in [0, 0.1) is 79.7 Å². The second-order valence-corrected chi connectivity index (χ2v) is 28.9. The highest BCUT2D eigenvalue weighted by Gasteiger charge is 2.28. The highest BCUT2D eigenvalue weighted by atomic mass is 127. The van der Waals surface area contributed by atoms with Crippen molar-refractivity contribution in [3.05, 3.63) is 382 Å². The average Bonchev–Trinajstić information content (AvgIpc) is 0.786. The van der Waals surface area contributed by atoms with Gasteiger partial charge in [0.2, 0.25) is 0 Å². The number of aryl methyl sites for hydroxylation is 11. The lowest BCUT2D eigenvalue weighted by molar-refractivity contribution is -0.142. The van der Waals surface area contributed by atoms with Gasteiger partial charge in [0, 0.05) is 48.7 Å². The van der Waals surface area contributed by atoms with Crippen LogP contribution in [0.2, 0.25) is 0 Å². The van der Waals surface area contributed by atoms with Gasteiger partial charge in [0.05, 0.1) is 41.0 Å². The maximum Gasteiger partial charge on any atom is 0.338 e. The molecule has 0 atom stereocenters. The van der Waals surface area contributed by atoms with Gasteiger partial charge in [-0.3, -0.25) is 43.4 Å². The van der Waals surface area contributed by atoms with E-state index in [1.165, 1.54) is 9.80 Å². The number of carboxylic acid groups (broad SMARTS) is 3. The third-order valence-corrected chi connectivity index (χ3v) is 19.7. The first-order chi connectivity index (χ1) is 58.5. The van der Waals surface area contributed by atoms with E-state index < -0.39 is 41.0 Å². The number of nitrogens with one attached hydrogen (secondary N) is 1. The van der Waals surface area contributed by atoms with E-state index in [-0.39, 0.29) is 43.7 Å². The van der Waals surface area contributed by atoms with Gasteiger partial charge in [0.15, 0.2) is 6.29 Å². The van der Waals surface area contributed by atoms with Crippen LogP contribution in [0.25, 0.3) is 24.3 Å². The molecule has 0 saturated heterocycles. The molecule has 0 heterocycles. The predicted octanol–water partition coefficient (Wildman–Crippen LogP) is 22.2. The molecule has 0 aliphatic heterocycles. The molecule has 0 saturated carbocycles. The molecule has 22 heteroatoms. The molecule has 0 spiro atoms. The summed E-state index contributed by atoms with van der Waals surface area (Å²) in [6, 6.07) is 68.1. The minimum atomic E-state index is -0.972. The number of rotatable bonds is 21. The van der Waals surface area contributed by atoms with Crippen LogP contribution in [0.3, 0.4) is 0 Å². The number of para-hydroxylation sites is 4. The smallest absolute Gasteiger partial charge is 0.338 e. The Morgan fingerprint density at radius 3 is 0.992 bits per heavy atom. The summed E-state index contributed by atoms with van der Waals surface area (Å²) in [5.74, 6) is -4.40. The van der Waals surface area contributed by atoms with E-state index in [1.54, 1.807) is 139 Å². The Hall–Kier alpha value is -13.9. The summed E-state index contributed by atoms with van der Waals surface area (Å²) in [5, 5.41) is 28.8. The molecule has 0 fully saturated rings. The standard InChI is InChI=1S/C21H23NO3.C20H21NO4.C17H17NO.C10H9ClO.C10H10O2.C8H7IO2.C8H9NO2.C7H9N/c1-5-17-12-9-11-16(4)20(17)21(24)22(14-19(23)25-6-2)18-13-8-7-10-15(18)3;1-4-25-18(23)12-21(17-11-6-5-8-14(17)2)20(24)19-15(3)9-7-10-16(19)13-22;1-4-14-10-7-9-13(3)16(14)17(19)18-15-11-6-5-8-12(15)2;2*1-3-8-6-4-5-7(2)9(8)10(11)12;2*1-5-3-2-4-6(9)7(5)8(10)11;1-6-4-2-3-5-7(6)8/h5,7-13H,1,6,14H2,2-4H3;5-11,13H,4,12H2,1-3H3;4-11H,1H2,2-3H3,(H,18,19);3-6H,1H2,2H3;3-6H,1H2,2H3,(H,11,12);2-4H,1H3,(H,10,11);2-4H,9H2,1H3,(H,10,11);2-5H,8H2,1H3. The number of nitrogen functional groups attached to an aromatic ring is 2. The third-order valence-electron chi connectivity index (χ3n) is 18.6. The van der Waals surface area contributed by atoms with Crippen molar-refractivity contribution < 1.29 is 72.7 Å². The van der Waals surface area contributed by atoms with E-state index >= 15 is 0 Å². The van der Waals surface area contributed by atoms with Crippen LogP contribution < -0.4 is 26.6 Å².